The highest BCUT2D eigenvalue weighted by Gasteiger charge is 2.38. The quantitative estimate of drug-likeness (QED) is 0.130. The molecule has 2 saturated carbocycles. The molecule has 4 aliphatic carbocycles. The van der Waals surface area contributed by atoms with Crippen molar-refractivity contribution in [2.75, 3.05) is 24.7 Å². The maximum absolute atomic E-state index is 13.2. The van der Waals surface area contributed by atoms with Crippen molar-refractivity contribution in [1.29, 1.82) is 0 Å². The van der Waals surface area contributed by atoms with Crippen LogP contribution in [0.2, 0.25) is 0 Å². The van der Waals surface area contributed by atoms with Crippen molar-refractivity contribution in [3.63, 3.8) is 0 Å². The van der Waals surface area contributed by atoms with E-state index in [4.69, 9.17) is 9.47 Å². The number of esters is 2. The molecule has 0 aromatic heterocycles. The Hall–Kier alpha value is -3.76. The molecule has 2 fully saturated rings. The third kappa shape index (κ3) is 6.10. The van der Waals surface area contributed by atoms with E-state index in [0.717, 1.165) is 85.8 Å². The Morgan fingerprint density at radius 1 is 0.682 bits per heavy atom. The molecule has 4 unspecified atom stereocenters. The lowest BCUT2D eigenvalue weighted by Gasteiger charge is -2.39. The summed E-state index contributed by atoms with van der Waals surface area (Å²) in [6.07, 6.45) is 10.9. The van der Waals surface area contributed by atoms with Gasteiger partial charge in [0.1, 0.15) is 23.7 Å². The number of benzene rings is 2. The Kier molecular flexibility index (Phi) is 9.00. The van der Waals surface area contributed by atoms with Crippen LogP contribution in [0, 0.1) is 0 Å². The first-order chi connectivity index (χ1) is 21.4. The van der Waals surface area contributed by atoms with Crippen LogP contribution in [0.5, 0.6) is 11.5 Å². The number of ether oxygens (including phenoxy) is 2. The van der Waals surface area contributed by atoms with Gasteiger partial charge in [0, 0.05) is 50.4 Å². The number of rotatable bonds is 10. The first kappa shape index (κ1) is 30.3. The van der Waals surface area contributed by atoms with Gasteiger partial charge >= 0.3 is 11.9 Å². The number of phenols is 2. The van der Waals surface area contributed by atoms with Crippen molar-refractivity contribution in [3.05, 3.63) is 58.7 Å². The van der Waals surface area contributed by atoms with Gasteiger partial charge in [0.2, 0.25) is 0 Å². The van der Waals surface area contributed by atoms with Gasteiger partial charge in [-0.25, -0.2) is 9.59 Å². The number of anilines is 2. The maximum atomic E-state index is 13.2. The standard InChI is InChI=1S/C34H44N4O6/c1-35-31-21-9-13-25(37-19-5-3-6-19)33(23(21)11-15-27(31)39)43-29(41)17-18-30(42)44-34-24-12-16-28(40)32(36-2)22(24)10-14-26(34)38-20-7-4-8-20/h11-12,15-20,25-26,33-40H,3-10,13-14H2,1-2H3/b18-17+. The fraction of sp³-hybridized carbons (Fsp3) is 0.529. The average Bonchev–Trinajstić information content (AvgIpc) is 2.97. The smallest absolute Gasteiger partial charge is 0.331 e. The summed E-state index contributed by atoms with van der Waals surface area (Å²) >= 11 is 0. The second kappa shape index (κ2) is 13.1. The number of nitrogens with one attached hydrogen (secondary N) is 4. The molecule has 0 saturated heterocycles. The second-order valence-corrected chi connectivity index (χ2v) is 12.5. The van der Waals surface area contributed by atoms with Gasteiger partial charge < -0.3 is 41.0 Å². The predicted molar refractivity (Wildman–Crippen MR) is 168 cm³/mol. The third-order valence-corrected chi connectivity index (χ3v) is 9.86. The monoisotopic (exact) mass is 604 g/mol. The van der Waals surface area contributed by atoms with Crippen LogP contribution in [0.1, 0.15) is 85.8 Å². The Morgan fingerprint density at radius 3 is 1.43 bits per heavy atom. The van der Waals surface area contributed by atoms with E-state index in [1.165, 1.54) is 12.8 Å². The average molecular weight is 605 g/mol. The molecule has 4 atom stereocenters. The normalized spacial score (nSPS) is 24.9. The van der Waals surface area contributed by atoms with E-state index >= 15 is 0 Å². The lowest BCUT2D eigenvalue weighted by atomic mass is 9.82. The van der Waals surface area contributed by atoms with Crippen molar-refractivity contribution in [3.8, 4) is 11.5 Å². The molecule has 2 aromatic rings. The number of aromatic hydroxyl groups is 2. The molecule has 0 radical (unpaired) electrons. The summed E-state index contributed by atoms with van der Waals surface area (Å²) in [4.78, 5) is 26.3. The van der Waals surface area contributed by atoms with Crippen LogP contribution < -0.4 is 21.3 Å². The molecule has 0 heterocycles. The Morgan fingerprint density at radius 2 is 1.09 bits per heavy atom. The first-order valence-corrected chi connectivity index (χ1v) is 16.0. The van der Waals surface area contributed by atoms with Gasteiger partial charge in [-0.15, -0.1) is 0 Å². The fourth-order valence-electron chi connectivity index (χ4n) is 7.12. The highest BCUT2D eigenvalue weighted by molar-refractivity contribution is 5.92. The summed E-state index contributed by atoms with van der Waals surface area (Å²) in [5.41, 5.74) is 4.88. The lowest BCUT2D eigenvalue weighted by molar-refractivity contribution is -0.148. The van der Waals surface area contributed by atoms with E-state index in [1.807, 2.05) is 12.1 Å². The van der Waals surface area contributed by atoms with Crippen molar-refractivity contribution in [2.24, 2.45) is 0 Å². The zero-order valence-electron chi connectivity index (χ0n) is 25.5. The minimum Gasteiger partial charge on any atom is -0.506 e. The highest BCUT2D eigenvalue weighted by Crippen LogP contribution is 2.43. The van der Waals surface area contributed by atoms with Gasteiger partial charge in [-0.3, -0.25) is 0 Å². The molecule has 4 aliphatic rings. The van der Waals surface area contributed by atoms with E-state index in [2.05, 4.69) is 21.3 Å². The van der Waals surface area contributed by atoms with Crippen LogP contribution in [-0.2, 0) is 31.9 Å². The number of hydrogen-bond acceptors (Lipinski definition) is 10. The predicted octanol–water partition coefficient (Wildman–Crippen LogP) is 4.52. The largest absolute Gasteiger partial charge is 0.506 e. The molecule has 0 spiro atoms. The molecule has 44 heavy (non-hydrogen) atoms. The van der Waals surface area contributed by atoms with Crippen molar-refractivity contribution < 1.29 is 29.3 Å². The molecule has 10 nitrogen and oxygen atoms in total. The van der Waals surface area contributed by atoms with Gasteiger partial charge in [-0.05, 0) is 85.8 Å². The van der Waals surface area contributed by atoms with Gasteiger partial charge in [0.15, 0.2) is 0 Å². The highest BCUT2D eigenvalue weighted by atomic mass is 16.6. The van der Waals surface area contributed by atoms with Crippen LogP contribution in [0.25, 0.3) is 0 Å². The Labute approximate surface area is 258 Å². The van der Waals surface area contributed by atoms with E-state index in [0.29, 0.717) is 23.5 Å². The molecule has 6 N–H and O–H groups in total. The van der Waals surface area contributed by atoms with Crippen molar-refractivity contribution in [2.45, 2.75) is 101 Å². The minimum absolute atomic E-state index is 0.0683. The molecule has 0 amide bonds. The van der Waals surface area contributed by atoms with Crippen LogP contribution in [0.15, 0.2) is 36.4 Å². The van der Waals surface area contributed by atoms with Gasteiger partial charge in [0.25, 0.3) is 0 Å². The second-order valence-electron chi connectivity index (χ2n) is 12.5. The topological polar surface area (TPSA) is 141 Å². The molecule has 2 aromatic carbocycles. The SMILES string of the molecule is CNc1c(O)ccc2c1CCC(NC1CCC1)C2OC(=O)/C=C/C(=O)OC1c2ccc(O)c(NC)c2CCC1NC1CCC1. The molecule has 0 bridgehead atoms. The molecular weight excluding hydrogens is 560 g/mol. The van der Waals surface area contributed by atoms with Gasteiger partial charge in [-0.1, -0.05) is 25.0 Å². The zero-order valence-corrected chi connectivity index (χ0v) is 25.5. The summed E-state index contributed by atoms with van der Waals surface area (Å²) in [5.74, 6) is -0.934. The fourth-order valence-corrected chi connectivity index (χ4v) is 7.12. The van der Waals surface area contributed by atoms with E-state index in [-0.39, 0.29) is 23.6 Å². The summed E-state index contributed by atoms with van der Waals surface area (Å²) in [6, 6.07) is 7.56. The number of fused-ring (bicyclic) bond motifs is 2. The first-order valence-electron chi connectivity index (χ1n) is 16.0. The van der Waals surface area contributed by atoms with Crippen LogP contribution >= 0.6 is 0 Å². The number of hydrogen-bond donors (Lipinski definition) is 6. The molecule has 236 valence electrons. The number of carbonyl (C=O) groups is 2. The zero-order chi connectivity index (χ0) is 30.8. The Bertz CT molecular complexity index is 1310. The van der Waals surface area contributed by atoms with Crippen LogP contribution in [-0.4, -0.2) is 60.4 Å². The lowest BCUT2D eigenvalue weighted by Crippen LogP contribution is -2.48. The summed E-state index contributed by atoms with van der Waals surface area (Å²) < 4.78 is 12.0. The number of carbonyl (C=O) groups excluding carboxylic acids is 2. The molecule has 10 heteroatoms. The van der Waals surface area contributed by atoms with Crippen molar-refractivity contribution >= 4 is 23.3 Å². The van der Waals surface area contributed by atoms with E-state index < -0.39 is 24.1 Å². The van der Waals surface area contributed by atoms with Gasteiger partial charge in [0.05, 0.1) is 11.4 Å². The summed E-state index contributed by atoms with van der Waals surface area (Å²) in [6.45, 7) is 0. The Balaban J connectivity index is 1.18. The molecule has 6 rings (SSSR count). The molecule has 0 aliphatic heterocycles. The maximum Gasteiger partial charge on any atom is 0.331 e. The number of phenolic OH excluding ortho intramolecular Hbond substituents is 2. The van der Waals surface area contributed by atoms with Crippen LogP contribution in [0.4, 0.5) is 11.4 Å². The molecular formula is C34H44N4O6. The van der Waals surface area contributed by atoms with Crippen LogP contribution in [0.3, 0.4) is 0 Å². The minimum atomic E-state index is -0.630. The summed E-state index contributed by atoms with van der Waals surface area (Å²) in [7, 11) is 3.53. The third-order valence-electron chi connectivity index (χ3n) is 9.86. The van der Waals surface area contributed by atoms with E-state index in [9.17, 15) is 19.8 Å². The van der Waals surface area contributed by atoms with E-state index in [1.54, 1.807) is 26.2 Å². The summed E-state index contributed by atoms with van der Waals surface area (Å²) in [5, 5.41) is 34.3. The van der Waals surface area contributed by atoms with Crippen molar-refractivity contribution in [1.82, 2.24) is 10.6 Å². The van der Waals surface area contributed by atoms with Gasteiger partial charge in [-0.2, -0.15) is 0 Å².